The number of thiol groups is 1. The smallest absolute Gasteiger partial charge is 0.327 e. The Hall–Kier alpha value is -2.87. The number of nitrogens with two attached hydrogens (primary N) is 2. The van der Waals surface area contributed by atoms with Crippen LogP contribution in [0.3, 0.4) is 0 Å². The number of carbonyl (C=O) groups is 6. The molecule has 0 aliphatic heterocycles. The Bertz CT molecular complexity index is 629. The molecule has 0 saturated heterocycles. The molecular formula is C14H23N5O8S. The normalized spacial score (nSPS) is 13.5. The second-order valence-electron chi connectivity index (χ2n) is 5.63. The van der Waals surface area contributed by atoms with Gasteiger partial charge >= 0.3 is 11.9 Å². The maximum atomic E-state index is 12.1. The first kappa shape index (κ1) is 25.1. The first-order valence-electron chi connectivity index (χ1n) is 7.94. The van der Waals surface area contributed by atoms with Crippen LogP contribution in [0.2, 0.25) is 0 Å². The largest absolute Gasteiger partial charge is 0.481 e. The Balaban J connectivity index is 4.78. The van der Waals surface area contributed by atoms with Crippen molar-refractivity contribution in [3.8, 4) is 0 Å². The Morgan fingerprint density at radius 1 is 0.964 bits per heavy atom. The number of hydrogen-bond acceptors (Lipinski definition) is 8. The third-order valence-electron chi connectivity index (χ3n) is 3.29. The molecule has 0 aromatic carbocycles. The highest BCUT2D eigenvalue weighted by Gasteiger charge is 2.27. The highest BCUT2D eigenvalue weighted by Crippen LogP contribution is 1.98. The number of amides is 4. The molecule has 4 amide bonds. The van der Waals surface area contributed by atoms with E-state index in [2.05, 4.69) is 28.6 Å². The predicted octanol–water partition coefficient (Wildman–Crippen LogP) is -3.85. The zero-order valence-corrected chi connectivity index (χ0v) is 15.6. The van der Waals surface area contributed by atoms with Crippen LogP contribution in [0.25, 0.3) is 0 Å². The van der Waals surface area contributed by atoms with E-state index in [1.807, 2.05) is 0 Å². The fraction of sp³-hybridized carbons (Fsp3) is 0.571. The van der Waals surface area contributed by atoms with Crippen molar-refractivity contribution in [2.24, 2.45) is 11.5 Å². The van der Waals surface area contributed by atoms with Gasteiger partial charge in [-0.25, -0.2) is 4.79 Å². The van der Waals surface area contributed by atoms with Crippen LogP contribution in [0.15, 0.2) is 0 Å². The minimum atomic E-state index is -1.54. The quantitative estimate of drug-likeness (QED) is 0.136. The van der Waals surface area contributed by atoms with E-state index in [0.29, 0.717) is 0 Å². The summed E-state index contributed by atoms with van der Waals surface area (Å²) in [5.41, 5.74) is 10.5. The van der Waals surface area contributed by atoms with Gasteiger partial charge in [-0.3, -0.25) is 24.0 Å². The molecule has 14 heteroatoms. The zero-order valence-electron chi connectivity index (χ0n) is 14.7. The zero-order chi connectivity index (χ0) is 21.9. The predicted molar refractivity (Wildman–Crippen MR) is 97.0 cm³/mol. The summed E-state index contributed by atoms with van der Waals surface area (Å²) >= 11 is 3.76. The third-order valence-corrected chi connectivity index (χ3v) is 3.65. The van der Waals surface area contributed by atoms with Gasteiger partial charge in [-0.15, -0.1) is 0 Å². The van der Waals surface area contributed by atoms with Crippen molar-refractivity contribution in [2.45, 2.75) is 37.4 Å². The second kappa shape index (κ2) is 12.5. The van der Waals surface area contributed by atoms with Crippen molar-refractivity contribution >= 4 is 48.2 Å². The average molecular weight is 421 g/mol. The molecule has 0 heterocycles. The van der Waals surface area contributed by atoms with Gasteiger partial charge in [0.05, 0.1) is 19.0 Å². The minimum Gasteiger partial charge on any atom is -0.481 e. The monoisotopic (exact) mass is 421 g/mol. The van der Waals surface area contributed by atoms with Crippen LogP contribution in [-0.4, -0.2) is 76.2 Å². The Morgan fingerprint density at radius 2 is 1.57 bits per heavy atom. The van der Waals surface area contributed by atoms with Crippen molar-refractivity contribution < 1.29 is 39.0 Å². The van der Waals surface area contributed by atoms with Gasteiger partial charge in [0.1, 0.15) is 12.1 Å². The summed E-state index contributed by atoms with van der Waals surface area (Å²) in [5.74, 6) is -6.33. The minimum absolute atomic E-state index is 0.106. The van der Waals surface area contributed by atoms with Gasteiger partial charge in [0.25, 0.3) is 0 Å². The Labute approximate surface area is 165 Å². The lowest BCUT2D eigenvalue weighted by molar-refractivity contribution is -0.142. The maximum absolute atomic E-state index is 12.1. The molecule has 0 fully saturated rings. The van der Waals surface area contributed by atoms with E-state index in [-0.39, 0.29) is 18.6 Å². The summed E-state index contributed by atoms with van der Waals surface area (Å²) in [7, 11) is 0. The summed E-state index contributed by atoms with van der Waals surface area (Å²) in [5, 5.41) is 24.0. The van der Waals surface area contributed by atoms with E-state index in [1.54, 1.807) is 0 Å². The third kappa shape index (κ3) is 10.3. The molecule has 0 aliphatic rings. The van der Waals surface area contributed by atoms with Crippen molar-refractivity contribution in [1.29, 1.82) is 0 Å². The van der Waals surface area contributed by atoms with Crippen LogP contribution < -0.4 is 27.4 Å². The SMILES string of the molecule is NC(=O)CCC(N)C(=O)NC(CC(=O)O)C(=O)NCC(=O)NC(CS)C(=O)O. The van der Waals surface area contributed by atoms with Gasteiger partial charge in [0.15, 0.2) is 0 Å². The first-order valence-corrected chi connectivity index (χ1v) is 8.57. The number of aliphatic carboxylic acids is 2. The molecule has 158 valence electrons. The fourth-order valence-electron chi connectivity index (χ4n) is 1.81. The lowest BCUT2D eigenvalue weighted by Crippen LogP contribution is -2.54. The van der Waals surface area contributed by atoms with Crippen molar-refractivity contribution in [1.82, 2.24) is 16.0 Å². The van der Waals surface area contributed by atoms with Crippen LogP contribution in [0.5, 0.6) is 0 Å². The number of hydrogen-bond donors (Lipinski definition) is 8. The summed E-state index contributed by atoms with van der Waals surface area (Å²) in [6, 6.07) is -4.02. The van der Waals surface area contributed by atoms with Crippen LogP contribution >= 0.6 is 12.6 Å². The summed E-state index contributed by atoms with van der Waals surface area (Å²) < 4.78 is 0. The second-order valence-corrected chi connectivity index (χ2v) is 5.99. The average Bonchev–Trinajstić information content (AvgIpc) is 2.60. The summed E-state index contributed by atoms with van der Waals surface area (Å²) in [6.45, 7) is -0.657. The number of carboxylic acid groups (broad SMARTS) is 2. The van der Waals surface area contributed by atoms with Crippen LogP contribution in [0.4, 0.5) is 0 Å². The van der Waals surface area contributed by atoms with E-state index in [1.165, 1.54) is 0 Å². The molecule has 13 nitrogen and oxygen atoms in total. The van der Waals surface area contributed by atoms with E-state index >= 15 is 0 Å². The first-order chi connectivity index (χ1) is 13.0. The van der Waals surface area contributed by atoms with Gasteiger partial charge < -0.3 is 37.6 Å². The molecule has 3 atom stereocenters. The molecule has 0 radical (unpaired) electrons. The van der Waals surface area contributed by atoms with Crippen LogP contribution in [0.1, 0.15) is 19.3 Å². The number of nitrogens with one attached hydrogen (secondary N) is 3. The van der Waals surface area contributed by atoms with Crippen molar-refractivity contribution in [2.75, 3.05) is 12.3 Å². The van der Waals surface area contributed by atoms with Gasteiger partial charge in [-0.05, 0) is 6.42 Å². The molecule has 0 bridgehead atoms. The molecule has 0 spiro atoms. The lowest BCUT2D eigenvalue weighted by Gasteiger charge is -2.19. The molecule has 0 aromatic rings. The number of primary amides is 1. The van der Waals surface area contributed by atoms with E-state index < -0.39 is 66.7 Å². The Kier molecular flexibility index (Phi) is 11.2. The van der Waals surface area contributed by atoms with Gasteiger partial charge in [0, 0.05) is 12.2 Å². The molecule has 3 unspecified atom stereocenters. The van der Waals surface area contributed by atoms with Crippen molar-refractivity contribution in [3.63, 3.8) is 0 Å². The van der Waals surface area contributed by atoms with Gasteiger partial charge in [-0.2, -0.15) is 12.6 Å². The lowest BCUT2D eigenvalue weighted by atomic mass is 10.1. The number of carboxylic acids is 2. The maximum Gasteiger partial charge on any atom is 0.327 e. The van der Waals surface area contributed by atoms with Crippen LogP contribution in [-0.2, 0) is 28.8 Å². The molecule has 9 N–H and O–H groups in total. The molecule has 28 heavy (non-hydrogen) atoms. The molecular weight excluding hydrogens is 398 g/mol. The fourth-order valence-corrected chi connectivity index (χ4v) is 2.06. The molecule has 0 rings (SSSR count). The van der Waals surface area contributed by atoms with Crippen LogP contribution in [0, 0.1) is 0 Å². The molecule has 0 aliphatic carbocycles. The highest BCUT2D eigenvalue weighted by atomic mass is 32.1. The summed E-state index contributed by atoms with van der Waals surface area (Å²) in [6.07, 6.45) is -1.08. The standard InChI is InChI=1S/C14H23N5O8S/c15-6(1-2-9(16)20)12(24)19-7(3-11(22)23)13(25)17-4-10(21)18-8(5-28)14(26)27/h6-8,28H,1-5,15H2,(H2,16,20)(H,17,25)(H,18,21)(H,19,24)(H,22,23)(H,26,27). The number of rotatable bonds is 13. The molecule has 0 aromatic heterocycles. The van der Waals surface area contributed by atoms with Crippen molar-refractivity contribution in [3.05, 3.63) is 0 Å². The van der Waals surface area contributed by atoms with E-state index in [9.17, 15) is 28.8 Å². The molecule has 0 saturated carbocycles. The number of carbonyl (C=O) groups excluding carboxylic acids is 4. The van der Waals surface area contributed by atoms with E-state index in [4.69, 9.17) is 21.7 Å². The van der Waals surface area contributed by atoms with E-state index in [0.717, 1.165) is 0 Å². The highest BCUT2D eigenvalue weighted by molar-refractivity contribution is 7.80. The Morgan fingerprint density at radius 3 is 2.04 bits per heavy atom. The topological polar surface area (TPSA) is 231 Å². The van der Waals surface area contributed by atoms with Gasteiger partial charge in [-0.1, -0.05) is 0 Å². The summed E-state index contributed by atoms with van der Waals surface area (Å²) in [4.78, 5) is 68.1. The van der Waals surface area contributed by atoms with Gasteiger partial charge in [0.2, 0.25) is 23.6 Å².